The molecule has 0 aromatic rings. The lowest BCUT2D eigenvalue weighted by Crippen LogP contribution is -2.39. The molecule has 1 fully saturated rings. The number of hydrogen-bond acceptors (Lipinski definition) is 4. The van der Waals surface area contributed by atoms with Gasteiger partial charge in [-0.15, -0.1) is 0 Å². The second-order valence-corrected chi connectivity index (χ2v) is 6.49. The Hall–Kier alpha value is -0.170. The van der Waals surface area contributed by atoms with Crippen molar-refractivity contribution in [2.45, 2.75) is 37.4 Å². The third kappa shape index (κ3) is 5.81. The van der Waals surface area contributed by atoms with E-state index in [1.54, 1.807) is 7.11 Å². The molecular formula is C11H24N2O3S. The van der Waals surface area contributed by atoms with Gasteiger partial charge >= 0.3 is 0 Å². The summed E-state index contributed by atoms with van der Waals surface area (Å²) in [5.74, 6) is 0. The van der Waals surface area contributed by atoms with Crippen LogP contribution >= 0.6 is 0 Å². The van der Waals surface area contributed by atoms with Gasteiger partial charge in [-0.25, -0.2) is 13.1 Å². The summed E-state index contributed by atoms with van der Waals surface area (Å²) >= 11 is 0. The van der Waals surface area contributed by atoms with Crippen molar-refractivity contribution in [3.05, 3.63) is 0 Å². The van der Waals surface area contributed by atoms with Crippen molar-refractivity contribution in [3.63, 3.8) is 0 Å². The van der Waals surface area contributed by atoms with Crippen molar-refractivity contribution >= 4 is 10.0 Å². The largest absolute Gasteiger partial charge is 0.383 e. The first-order chi connectivity index (χ1) is 8.17. The van der Waals surface area contributed by atoms with Gasteiger partial charge in [0.1, 0.15) is 0 Å². The van der Waals surface area contributed by atoms with E-state index in [1.165, 1.54) is 6.42 Å². The van der Waals surface area contributed by atoms with Gasteiger partial charge in [0.25, 0.3) is 0 Å². The van der Waals surface area contributed by atoms with Crippen LogP contribution in [-0.2, 0) is 14.8 Å². The maximum absolute atomic E-state index is 11.9. The quantitative estimate of drug-likeness (QED) is 0.626. The van der Waals surface area contributed by atoms with Gasteiger partial charge in [0, 0.05) is 26.7 Å². The third-order valence-electron chi connectivity index (χ3n) is 3.08. The highest BCUT2D eigenvalue weighted by molar-refractivity contribution is 7.90. The highest BCUT2D eigenvalue weighted by Gasteiger charge is 2.26. The zero-order valence-corrected chi connectivity index (χ0v) is 11.4. The molecule has 2 N–H and O–H groups in total. The Balaban J connectivity index is 2.15. The molecule has 1 aliphatic rings. The predicted octanol–water partition coefficient (Wildman–Crippen LogP) is 0.475. The Morgan fingerprint density at radius 2 is 1.82 bits per heavy atom. The molecule has 1 saturated carbocycles. The highest BCUT2D eigenvalue weighted by Crippen LogP contribution is 2.22. The minimum Gasteiger partial charge on any atom is -0.383 e. The van der Waals surface area contributed by atoms with Gasteiger partial charge in [0.2, 0.25) is 10.0 Å². The first kappa shape index (κ1) is 14.9. The first-order valence-corrected chi connectivity index (χ1v) is 7.89. The summed E-state index contributed by atoms with van der Waals surface area (Å²) < 4.78 is 31.4. The number of ether oxygens (including phenoxy) is 1. The van der Waals surface area contributed by atoms with Crippen LogP contribution in [0.4, 0.5) is 0 Å². The van der Waals surface area contributed by atoms with Crippen molar-refractivity contribution in [2.24, 2.45) is 0 Å². The monoisotopic (exact) mass is 264 g/mol. The van der Waals surface area contributed by atoms with E-state index in [4.69, 9.17) is 4.74 Å². The van der Waals surface area contributed by atoms with E-state index in [0.29, 0.717) is 19.7 Å². The fourth-order valence-corrected chi connectivity index (χ4v) is 3.65. The van der Waals surface area contributed by atoms with Gasteiger partial charge in [-0.3, -0.25) is 0 Å². The summed E-state index contributed by atoms with van der Waals surface area (Å²) in [6, 6.07) is 0. The molecule has 5 nitrogen and oxygen atoms in total. The van der Waals surface area contributed by atoms with Crippen molar-refractivity contribution in [1.82, 2.24) is 10.0 Å². The van der Waals surface area contributed by atoms with Crippen molar-refractivity contribution in [2.75, 3.05) is 33.4 Å². The standard InChI is InChI=1S/C11H24N2O3S/c1-16-10-9-12-7-8-13-17(14,15)11-5-3-2-4-6-11/h11-13H,2-10H2,1H3. The maximum atomic E-state index is 11.9. The smallest absolute Gasteiger partial charge is 0.214 e. The number of rotatable bonds is 8. The molecule has 0 unspecified atom stereocenters. The average Bonchev–Trinajstić information content (AvgIpc) is 2.35. The Morgan fingerprint density at radius 1 is 1.12 bits per heavy atom. The van der Waals surface area contributed by atoms with Crippen LogP contribution in [0.3, 0.4) is 0 Å². The Morgan fingerprint density at radius 3 is 2.47 bits per heavy atom. The molecule has 0 radical (unpaired) electrons. The molecule has 1 aliphatic carbocycles. The molecule has 0 saturated heterocycles. The van der Waals surface area contributed by atoms with Gasteiger partial charge < -0.3 is 10.1 Å². The van der Waals surface area contributed by atoms with Crippen LogP contribution in [0.25, 0.3) is 0 Å². The van der Waals surface area contributed by atoms with Crippen LogP contribution in [0, 0.1) is 0 Å². The van der Waals surface area contributed by atoms with E-state index >= 15 is 0 Å². The molecule has 0 heterocycles. The number of sulfonamides is 1. The summed E-state index contributed by atoms with van der Waals surface area (Å²) in [5.41, 5.74) is 0. The lowest BCUT2D eigenvalue weighted by Gasteiger charge is -2.22. The van der Waals surface area contributed by atoms with Gasteiger partial charge in [-0.1, -0.05) is 19.3 Å². The zero-order chi connectivity index (χ0) is 12.6. The molecular weight excluding hydrogens is 240 g/mol. The van der Waals surface area contributed by atoms with Crippen LogP contribution in [0.5, 0.6) is 0 Å². The van der Waals surface area contributed by atoms with E-state index in [9.17, 15) is 8.42 Å². The number of methoxy groups -OCH3 is 1. The molecule has 0 amide bonds. The molecule has 0 aromatic carbocycles. The number of nitrogens with one attached hydrogen (secondary N) is 2. The summed E-state index contributed by atoms with van der Waals surface area (Å²) in [5, 5.41) is 2.94. The molecule has 0 aliphatic heterocycles. The zero-order valence-electron chi connectivity index (χ0n) is 10.6. The van der Waals surface area contributed by atoms with E-state index in [2.05, 4.69) is 10.0 Å². The predicted molar refractivity (Wildman–Crippen MR) is 68.5 cm³/mol. The lowest BCUT2D eigenvalue weighted by molar-refractivity contribution is 0.199. The van der Waals surface area contributed by atoms with Gasteiger partial charge in [0.15, 0.2) is 0 Å². The van der Waals surface area contributed by atoms with E-state index < -0.39 is 10.0 Å². The summed E-state index contributed by atoms with van der Waals surface area (Å²) in [6.45, 7) is 2.51. The fraction of sp³-hybridized carbons (Fsp3) is 1.00. The van der Waals surface area contributed by atoms with E-state index in [1.807, 2.05) is 0 Å². The Kier molecular flexibility index (Phi) is 7.03. The lowest BCUT2D eigenvalue weighted by atomic mass is 10.0. The number of hydrogen-bond donors (Lipinski definition) is 2. The van der Waals surface area contributed by atoms with Crippen molar-refractivity contribution < 1.29 is 13.2 Å². The van der Waals surface area contributed by atoms with Crippen LogP contribution in [0.2, 0.25) is 0 Å². The first-order valence-electron chi connectivity index (χ1n) is 6.35. The molecule has 0 bridgehead atoms. The summed E-state index contributed by atoms with van der Waals surface area (Å²) in [6.07, 6.45) is 4.87. The van der Waals surface area contributed by atoms with Gasteiger partial charge in [0.05, 0.1) is 11.9 Å². The SMILES string of the molecule is COCCNCCNS(=O)(=O)C1CCCCC1. The van der Waals surface area contributed by atoms with Crippen LogP contribution in [0.1, 0.15) is 32.1 Å². The molecule has 17 heavy (non-hydrogen) atoms. The molecule has 0 aromatic heterocycles. The fourth-order valence-electron chi connectivity index (χ4n) is 2.07. The normalized spacial score (nSPS) is 18.4. The van der Waals surface area contributed by atoms with Crippen molar-refractivity contribution in [1.29, 1.82) is 0 Å². The van der Waals surface area contributed by atoms with Crippen LogP contribution < -0.4 is 10.0 Å². The maximum Gasteiger partial charge on any atom is 0.214 e. The average molecular weight is 264 g/mol. The van der Waals surface area contributed by atoms with E-state index in [-0.39, 0.29) is 5.25 Å². The minimum atomic E-state index is -3.10. The topological polar surface area (TPSA) is 67.4 Å². The van der Waals surface area contributed by atoms with Gasteiger partial charge in [-0.05, 0) is 12.8 Å². The van der Waals surface area contributed by atoms with Crippen LogP contribution in [-0.4, -0.2) is 47.0 Å². The summed E-state index contributed by atoms with van der Waals surface area (Å²) in [4.78, 5) is 0. The molecule has 6 heteroatoms. The molecule has 0 spiro atoms. The van der Waals surface area contributed by atoms with Crippen molar-refractivity contribution in [3.8, 4) is 0 Å². The van der Waals surface area contributed by atoms with Gasteiger partial charge in [-0.2, -0.15) is 0 Å². The Bertz CT molecular complexity index is 287. The second-order valence-electron chi connectivity index (χ2n) is 4.44. The summed E-state index contributed by atoms with van der Waals surface area (Å²) in [7, 11) is -1.45. The Labute approximate surface area is 104 Å². The minimum absolute atomic E-state index is 0.171. The molecule has 102 valence electrons. The molecule has 0 atom stereocenters. The third-order valence-corrected chi connectivity index (χ3v) is 5.03. The molecule has 1 rings (SSSR count). The van der Waals surface area contributed by atoms with E-state index in [0.717, 1.165) is 32.2 Å². The highest BCUT2D eigenvalue weighted by atomic mass is 32.2. The second kappa shape index (κ2) is 8.02. The van der Waals surface area contributed by atoms with Crippen LogP contribution in [0.15, 0.2) is 0 Å².